The molecule has 0 saturated carbocycles. The van der Waals surface area contributed by atoms with Crippen molar-refractivity contribution in [2.45, 2.75) is 6.54 Å². The van der Waals surface area contributed by atoms with Gasteiger partial charge in [0, 0.05) is 32.0 Å². The van der Waals surface area contributed by atoms with E-state index in [2.05, 4.69) is 20.3 Å². The number of nitrogens with two attached hydrogens (primary N) is 1. The second-order valence-corrected chi connectivity index (χ2v) is 4.80. The Labute approximate surface area is 153 Å². The van der Waals surface area contributed by atoms with Crippen molar-refractivity contribution < 1.29 is 4.74 Å². The predicted octanol–water partition coefficient (Wildman–Crippen LogP) is 2.10. The zero-order valence-corrected chi connectivity index (χ0v) is 15.7. The van der Waals surface area contributed by atoms with Crippen molar-refractivity contribution in [3.05, 3.63) is 42.2 Å². The third-order valence-corrected chi connectivity index (χ3v) is 2.85. The largest absolute Gasteiger partial charge is 0.497 e. The summed E-state index contributed by atoms with van der Waals surface area (Å²) in [6.07, 6.45) is 1.71. The molecule has 3 N–H and O–H groups in total. The highest BCUT2D eigenvalue weighted by molar-refractivity contribution is 14.0. The molecular formula is C15H21IN6O. The fourth-order valence-corrected chi connectivity index (χ4v) is 1.74. The first kappa shape index (κ1) is 18.9. The molecule has 1 aromatic heterocycles. The molecule has 0 bridgehead atoms. The Balaban J connectivity index is 0.00000264. The minimum Gasteiger partial charge on any atom is -0.497 e. The molecule has 0 aliphatic carbocycles. The molecule has 0 amide bonds. The number of aromatic nitrogens is 2. The normalized spacial score (nSPS) is 10.7. The molecule has 7 nitrogen and oxygen atoms in total. The minimum absolute atomic E-state index is 0. The highest BCUT2D eigenvalue weighted by Gasteiger charge is 2.01. The zero-order chi connectivity index (χ0) is 15.9. The van der Waals surface area contributed by atoms with Crippen molar-refractivity contribution in [1.82, 2.24) is 9.97 Å². The number of hydrogen-bond acceptors (Lipinski definition) is 5. The molecule has 8 heteroatoms. The Kier molecular flexibility index (Phi) is 7.52. The van der Waals surface area contributed by atoms with Crippen molar-refractivity contribution in [2.24, 2.45) is 10.7 Å². The van der Waals surface area contributed by atoms with Crippen LogP contribution in [0.15, 0.2) is 41.5 Å². The van der Waals surface area contributed by atoms with Gasteiger partial charge in [-0.1, -0.05) is 6.07 Å². The van der Waals surface area contributed by atoms with Crippen LogP contribution in [0.1, 0.15) is 5.69 Å². The third kappa shape index (κ3) is 5.89. The van der Waals surface area contributed by atoms with Gasteiger partial charge in [0.1, 0.15) is 5.75 Å². The highest BCUT2D eigenvalue weighted by Crippen LogP contribution is 2.16. The summed E-state index contributed by atoms with van der Waals surface area (Å²) in [6, 6.07) is 9.29. The van der Waals surface area contributed by atoms with Crippen LogP contribution in [0.4, 0.5) is 11.6 Å². The van der Waals surface area contributed by atoms with Gasteiger partial charge in [0.25, 0.3) is 0 Å². The average molecular weight is 428 g/mol. The van der Waals surface area contributed by atoms with Gasteiger partial charge >= 0.3 is 0 Å². The van der Waals surface area contributed by atoms with E-state index in [1.807, 2.05) is 49.3 Å². The quantitative estimate of drug-likeness (QED) is 0.431. The molecule has 2 rings (SSSR count). The summed E-state index contributed by atoms with van der Waals surface area (Å²) in [6.45, 7) is 0.381. The van der Waals surface area contributed by atoms with E-state index in [0.717, 1.165) is 17.1 Å². The fourth-order valence-electron chi connectivity index (χ4n) is 1.74. The average Bonchev–Trinajstić information content (AvgIpc) is 2.53. The highest BCUT2D eigenvalue weighted by atomic mass is 127. The summed E-state index contributed by atoms with van der Waals surface area (Å²) in [5.74, 6) is 1.72. The molecule has 0 atom stereocenters. The molecule has 0 aliphatic heterocycles. The molecule has 1 heterocycles. The van der Waals surface area contributed by atoms with E-state index in [0.29, 0.717) is 18.5 Å². The van der Waals surface area contributed by atoms with E-state index in [1.165, 1.54) is 0 Å². The van der Waals surface area contributed by atoms with Gasteiger partial charge < -0.3 is 20.7 Å². The Hall–Kier alpha value is -2.10. The van der Waals surface area contributed by atoms with E-state index in [4.69, 9.17) is 10.5 Å². The third-order valence-electron chi connectivity index (χ3n) is 2.85. The van der Waals surface area contributed by atoms with Crippen LogP contribution in [0.3, 0.4) is 0 Å². The first-order valence-corrected chi connectivity index (χ1v) is 6.78. The lowest BCUT2D eigenvalue weighted by Gasteiger charge is -2.10. The molecule has 0 saturated heterocycles. The Morgan fingerprint density at radius 2 is 2.13 bits per heavy atom. The molecule has 1 aromatic carbocycles. The Bertz CT molecular complexity index is 662. The lowest BCUT2D eigenvalue weighted by Crippen LogP contribution is -2.22. The van der Waals surface area contributed by atoms with Gasteiger partial charge in [-0.3, -0.25) is 0 Å². The topological polar surface area (TPSA) is 88.7 Å². The van der Waals surface area contributed by atoms with Gasteiger partial charge in [0.05, 0.1) is 19.3 Å². The summed E-state index contributed by atoms with van der Waals surface area (Å²) in [5, 5.41) is 3.02. The first-order chi connectivity index (χ1) is 10.6. The van der Waals surface area contributed by atoms with E-state index in [1.54, 1.807) is 13.3 Å². The molecular weight excluding hydrogens is 407 g/mol. The molecule has 0 aliphatic rings. The van der Waals surface area contributed by atoms with Crippen molar-refractivity contribution in [2.75, 3.05) is 31.4 Å². The van der Waals surface area contributed by atoms with Crippen LogP contribution in [0.25, 0.3) is 0 Å². The summed E-state index contributed by atoms with van der Waals surface area (Å²) in [4.78, 5) is 14.7. The summed E-state index contributed by atoms with van der Waals surface area (Å²) >= 11 is 0. The summed E-state index contributed by atoms with van der Waals surface area (Å²) < 4.78 is 5.16. The number of benzene rings is 1. The number of methoxy groups -OCH3 is 1. The number of aliphatic imine (C=N–C) groups is 1. The van der Waals surface area contributed by atoms with Crippen LogP contribution in [-0.2, 0) is 6.54 Å². The number of nitrogens with zero attached hydrogens (tertiary/aromatic N) is 4. The number of ether oxygens (including phenoxy) is 1. The molecule has 0 fully saturated rings. The van der Waals surface area contributed by atoms with Gasteiger partial charge in [-0.05, 0) is 18.2 Å². The maximum Gasteiger partial charge on any atom is 0.225 e. The van der Waals surface area contributed by atoms with Crippen LogP contribution < -0.4 is 20.7 Å². The van der Waals surface area contributed by atoms with Crippen LogP contribution in [0, 0.1) is 0 Å². The second-order valence-electron chi connectivity index (χ2n) is 4.80. The van der Waals surface area contributed by atoms with E-state index >= 15 is 0 Å². The van der Waals surface area contributed by atoms with Crippen molar-refractivity contribution in [3.63, 3.8) is 0 Å². The SMILES string of the molecule is COc1cccc(NC(N)=NCc2ccnc(N(C)C)n2)c1.I. The number of nitrogens with one attached hydrogen (secondary N) is 1. The van der Waals surface area contributed by atoms with Gasteiger partial charge in [0.2, 0.25) is 5.95 Å². The molecule has 23 heavy (non-hydrogen) atoms. The van der Waals surface area contributed by atoms with Crippen molar-refractivity contribution in [3.8, 4) is 5.75 Å². The standard InChI is InChI=1S/C15H20N6O.HI/c1-21(2)15-17-8-7-12(20-15)10-18-14(16)19-11-5-4-6-13(9-11)22-3;/h4-9H,10H2,1-3H3,(H3,16,18,19);1H. The molecule has 0 unspecified atom stereocenters. The van der Waals surface area contributed by atoms with Gasteiger partial charge in [-0.15, -0.1) is 24.0 Å². The number of hydrogen-bond donors (Lipinski definition) is 2. The van der Waals surface area contributed by atoms with Crippen molar-refractivity contribution in [1.29, 1.82) is 0 Å². The number of guanidine groups is 1. The number of anilines is 2. The monoisotopic (exact) mass is 428 g/mol. The zero-order valence-electron chi connectivity index (χ0n) is 13.4. The van der Waals surface area contributed by atoms with E-state index in [9.17, 15) is 0 Å². The Morgan fingerprint density at radius 3 is 2.83 bits per heavy atom. The predicted molar refractivity (Wildman–Crippen MR) is 104 cm³/mol. The number of rotatable bonds is 5. The van der Waals surface area contributed by atoms with Gasteiger partial charge in [-0.25, -0.2) is 15.0 Å². The smallest absolute Gasteiger partial charge is 0.225 e. The maximum atomic E-state index is 5.89. The fraction of sp³-hybridized carbons (Fsp3) is 0.267. The van der Waals surface area contributed by atoms with Gasteiger partial charge in [-0.2, -0.15) is 0 Å². The Morgan fingerprint density at radius 1 is 1.35 bits per heavy atom. The van der Waals surface area contributed by atoms with Crippen molar-refractivity contribution >= 4 is 41.6 Å². The summed E-state index contributed by atoms with van der Waals surface area (Å²) in [7, 11) is 5.40. The van der Waals surface area contributed by atoms with Crippen LogP contribution >= 0.6 is 24.0 Å². The lowest BCUT2D eigenvalue weighted by atomic mass is 10.3. The van der Waals surface area contributed by atoms with E-state index in [-0.39, 0.29) is 24.0 Å². The first-order valence-electron chi connectivity index (χ1n) is 6.78. The molecule has 124 valence electrons. The van der Waals surface area contributed by atoms with Gasteiger partial charge in [0.15, 0.2) is 5.96 Å². The molecule has 0 radical (unpaired) electrons. The summed E-state index contributed by atoms with van der Waals surface area (Å²) in [5.41, 5.74) is 7.50. The maximum absolute atomic E-state index is 5.89. The number of halogens is 1. The van der Waals surface area contributed by atoms with Crippen LogP contribution in [-0.4, -0.2) is 37.1 Å². The van der Waals surface area contributed by atoms with E-state index < -0.39 is 0 Å². The lowest BCUT2D eigenvalue weighted by molar-refractivity contribution is 0.415. The second kappa shape index (κ2) is 9.13. The molecule has 0 spiro atoms. The van der Waals surface area contributed by atoms with Crippen LogP contribution in [0.2, 0.25) is 0 Å². The van der Waals surface area contributed by atoms with Crippen LogP contribution in [0.5, 0.6) is 5.75 Å². The molecule has 2 aromatic rings. The minimum atomic E-state index is 0.